The number of rotatable bonds is 4. The molecule has 1 heterocycles. The summed E-state index contributed by atoms with van der Waals surface area (Å²) >= 11 is 0. The van der Waals surface area contributed by atoms with Crippen molar-refractivity contribution < 1.29 is 4.52 Å². The Morgan fingerprint density at radius 2 is 2.07 bits per heavy atom. The smallest absolute Gasteiger partial charge is 0.240 e. The van der Waals surface area contributed by atoms with Crippen LogP contribution in [0.3, 0.4) is 0 Å². The second-order valence-corrected chi connectivity index (χ2v) is 4.46. The molecule has 0 amide bonds. The van der Waals surface area contributed by atoms with Gasteiger partial charge in [0.1, 0.15) is 0 Å². The van der Waals surface area contributed by atoms with E-state index in [4.69, 9.17) is 4.52 Å². The molecule has 0 unspecified atom stereocenters. The summed E-state index contributed by atoms with van der Waals surface area (Å²) in [6.07, 6.45) is 1.94. The van der Waals surface area contributed by atoms with Gasteiger partial charge in [0.2, 0.25) is 5.89 Å². The van der Waals surface area contributed by atoms with Crippen LogP contribution in [0.4, 0.5) is 0 Å². The number of hydrogen-bond donors (Lipinski definition) is 1. The Bertz CT molecular complexity index is 275. The highest BCUT2D eigenvalue weighted by Gasteiger charge is 2.11. The fraction of sp³-hybridized carbons (Fsp3) is 0.800. The summed E-state index contributed by atoms with van der Waals surface area (Å²) in [6, 6.07) is 0. The van der Waals surface area contributed by atoms with Gasteiger partial charge in [-0.25, -0.2) is 0 Å². The van der Waals surface area contributed by atoms with E-state index in [1.165, 1.54) is 0 Å². The van der Waals surface area contributed by atoms with Crippen molar-refractivity contribution in [1.82, 2.24) is 15.5 Å². The Kier molecular flexibility index (Phi) is 3.63. The molecule has 0 spiro atoms. The lowest BCUT2D eigenvalue weighted by atomic mass is 10.1. The van der Waals surface area contributed by atoms with Gasteiger partial charge in [-0.1, -0.05) is 12.1 Å². The second kappa shape index (κ2) is 4.55. The highest BCUT2D eigenvalue weighted by atomic mass is 16.5. The predicted octanol–water partition coefficient (Wildman–Crippen LogP) is 1.91. The van der Waals surface area contributed by atoms with Crippen molar-refractivity contribution in [3.63, 3.8) is 0 Å². The van der Waals surface area contributed by atoms with Crippen LogP contribution in [0.2, 0.25) is 0 Å². The Morgan fingerprint density at radius 3 is 2.64 bits per heavy atom. The number of nitrogens with one attached hydrogen (secondary N) is 1. The van der Waals surface area contributed by atoms with Crippen molar-refractivity contribution in [3.05, 3.63) is 11.7 Å². The highest BCUT2D eigenvalue weighted by Crippen LogP contribution is 2.03. The zero-order valence-corrected chi connectivity index (χ0v) is 9.42. The Morgan fingerprint density at radius 1 is 1.36 bits per heavy atom. The molecule has 0 aliphatic heterocycles. The maximum atomic E-state index is 5.09. The molecule has 0 saturated heterocycles. The summed E-state index contributed by atoms with van der Waals surface area (Å²) in [5, 5.41) is 7.18. The van der Waals surface area contributed by atoms with Crippen molar-refractivity contribution in [1.29, 1.82) is 0 Å². The third-order valence-corrected chi connectivity index (χ3v) is 1.75. The molecular formula is C10H19N3O. The van der Waals surface area contributed by atoms with E-state index in [-0.39, 0.29) is 5.54 Å². The van der Waals surface area contributed by atoms with E-state index in [1.54, 1.807) is 0 Å². The third-order valence-electron chi connectivity index (χ3n) is 1.75. The van der Waals surface area contributed by atoms with Crippen LogP contribution in [0.5, 0.6) is 0 Å². The Labute approximate surface area is 85.1 Å². The van der Waals surface area contributed by atoms with Crippen molar-refractivity contribution in [3.8, 4) is 0 Å². The lowest BCUT2D eigenvalue weighted by Crippen LogP contribution is -2.35. The molecule has 1 rings (SSSR count). The lowest BCUT2D eigenvalue weighted by Gasteiger charge is -2.18. The van der Waals surface area contributed by atoms with Gasteiger partial charge in [0, 0.05) is 12.0 Å². The van der Waals surface area contributed by atoms with E-state index in [9.17, 15) is 0 Å². The molecule has 14 heavy (non-hydrogen) atoms. The average molecular weight is 197 g/mol. The van der Waals surface area contributed by atoms with Gasteiger partial charge in [0.15, 0.2) is 5.82 Å². The van der Waals surface area contributed by atoms with E-state index in [0.29, 0.717) is 12.4 Å². The van der Waals surface area contributed by atoms with Gasteiger partial charge < -0.3 is 9.84 Å². The zero-order valence-electron chi connectivity index (χ0n) is 9.42. The summed E-state index contributed by atoms with van der Waals surface area (Å²) in [7, 11) is 0. The summed E-state index contributed by atoms with van der Waals surface area (Å²) in [5.74, 6) is 1.47. The molecule has 4 heteroatoms. The van der Waals surface area contributed by atoms with Gasteiger partial charge in [-0.05, 0) is 27.2 Å². The van der Waals surface area contributed by atoms with E-state index in [2.05, 4.69) is 43.2 Å². The standard InChI is InChI=1S/C10H19N3O/c1-5-6-8-12-9(14-13-8)7-11-10(2,3)4/h11H,5-7H2,1-4H3. The van der Waals surface area contributed by atoms with Crippen LogP contribution in [-0.2, 0) is 13.0 Å². The number of hydrogen-bond acceptors (Lipinski definition) is 4. The molecule has 80 valence electrons. The number of aromatic nitrogens is 2. The molecule has 0 bridgehead atoms. The first-order valence-electron chi connectivity index (χ1n) is 5.08. The van der Waals surface area contributed by atoms with Gasteiger partial charge in [-0.2, -0.15) is 4.98 Å². The maximum Gasteiger partial charge on any atom is 0.240 e. The largest absolute Gasteiger partial charge is 0.338 e. The zero-order chi connectivity index (χ0) is 10.6. The van der Waals surface area contributed by atoms with Crippen LogP contribution in [0, 0.1) is 0 Å². The van der Waals surface area contributed by atoms with Crippen molar-refractivity contribution in [2.75, 3.05) is 0 Å². The molecule has 0 aliphatic rings. The summed E-state index contributed by atoms with van der Waals surface area (Å²) in [5.41, 5.74) is 0.0827. The van der Waals surface area contributed by atoms with Gasteiger partial charge >= 0.3 is 0 Å². The van der Waals surface area contributed by atoms with E-state index < -0.39 is 0 Å². The van der Waals surface area contributed by atoms with E-state index in [0.717, 1.165) is 18.7 Å². The molecule has 0 saturated carbocycles. The topological polar surface area (TPSA) is 51.0 Å². The van der Waals surface area contributed by atoms with Crippen LogP contribution in [-0.4, -0.2) is 15.7 Å². The van der Waals surface area contributed by atoms with Crippen molar-refractivity contribution >= 4 is 0 Å². The van der Waals surface area contributed by atoms with Crippen LogP contribution in [0.1, 0.15) is 45.8 Å². The quantitative estimate of drug-likeness (QED) is 0.801. The van der Waals surface area contributed by atoms with Crippen LogP contribution >= 0.6 is 0 Å². The summed E-state index contributed by atoms with van der Waals surface area (Å²) in [6.45, 7) is 9.06. The third kappa shape index (κ3) is 3.87. The number of nitrogens with zero attached hydrogens (tertiary/aromatic N) is 2. The van der Waals surface area contributed by atoms with Crippen LogP contribution in [0.25, 0.3) is 0 Å². The number of aryl methyl sites for hydroxylation is 1. The molecule has 4 nitrogen and oxygen atoms in total. The molecule has 1 N–H and O–H groups in total. The van der Waals surface area contributed by atoms with Gasteiger partial charge in [0.05, 0.1) is 6.54 Å². The molecule has 0 aromatic carbocycles. The minimum atomic E-state index is 0.0827. The van der Waals surface area contributed by atoms with Crippen LogP contribution < -0.4 is 5.32 Å². The first kappa shape index (κ1) is 11.2. The normalized spacial score (nSPS) is 12.0. The first-order chi connectivity index (χ1) is 6.51. The van der Waals surface area contributed by atoms with Gasteiger partial charge in [-0.15, -0.1) is 0 Å². The van der Waals surface area contributed by atoms with Crippen molar-refractivity contribution in [2.24, 2.45) is 0 Å². The highest BCUT2D eigenvalue weighted by molar-refractivity contribution is 4.87. The predicted molar refractivity (Wildman–Crippen MR) is 54.9 cm³/mol. The summed E-state index contributed by atoms with van der Waals surface area (Å²) in [4.78, 5) is 4.26. The van der Waals surface area contributed by atoms with E-state index in [1.807, 2.05) is 0 Å². The van der Waals surface area contributed by atoms with Crippen molar-refractivity contribution in [2.45, 2.75) is 52.6 Å². The second-order valence-electron chi connectivity index (χ2n) is 4.46. The molecule has 1 aromatic rings. The average Bonchev–Trinajstić information content (AvgIpc) is 2.49. The molecule has 0 aliphatic carbocycles. The molecule has 0 radical (unpaired) electrons. The Balaban J connectivity index is 2.44. The first-order valence-corrected chi connectivity index (χ1v) is 5.08. The minimum Gasteiger partial charge on any atom is -0.338 e. The van der Waals surface area contributed by atoms with E-state index >= 15 is 0 Å². The lowest BCUT2D eigenvalue weighted by molar-refractivity contribution is 0.333. The van der Waals surface area contributed by atoms with Gasteiger partial charge in [0.25, 0.3) is 0 Å². The molecule has 0 fully saturated rings. The maximum absolute atomic E-state index is 5.09. The SMILES string of the molecule is CCCc1noc(CNC(C)(C)C)n1. The van der Waals surface area contributed by atoms with Gasteiger partial charge in [-0.3, -0.25) is 0 Å². The molecule has 0 atom stereocenters. The summed E-state index contributed by atoms with van der Waals surface area (Å²) < 4.78 is 5.09. The minimum absolute atomic E-state index is 0.0827. The monoisotopic (exact) mass is 197 g/mol. The molecule has 1 aromatic heterocycles. The Hall–Kier alpha value is -0.900. The fourth-order valence-corrected chi connectivity index (χ4v) is 1.03. The molecular weight excluding hydrogens is 178 g/mol. The van der Waals surface area contributed by atoms with Crippen LogP contribution in [0.15, 0.2) is 4.52 Å². The fourth-order valence-electron chi connectivity index (χ4n) is 1.03.